The number of rotatable bonds is 15. The summed E-state index contributed by atoms with van der Waals surface area (Å²) >= 11 is 1.39. The first-order valence-corrected chi connectivity index (χ1v) is 13.5. The molecule has 4 unspecified atom stereocenters. The van der Waals surface area contributed by atoms with Crippen molar-refractivity contribution in [1.29, 1.82) is 0 Å². The van der Waals surface area contributed by atoms with Gasteiger partial charge in [-0.05, 0) is 36.0 Å². The molecule has 13 heteroatoms. The van der Waals surface area contributed by atoms with Gasteiger partial charge in [-0.3, -0.25) is 19.2 Å². The van der Waals surface area contributed by atoms with E-state index in [1.807, 2.05) is 24.3 Å². The Labute approximate surface area is 224 Å². The van der Waals surface area contributed by atoms with Crippen LogP contribution in [0.25, 0.3) is 10.9 Å². The third-order valence-electron chi connectivity index (χ3n) is 5.99. The second-order valence-corrected chi connectivity index (χ2v) is 10.2. The highest BCUT2D eigenvalue weighted by Crippen LogP contribution is 2.19. The van der Waals surface area contributed by atoms with Crippen molar-refractivity contribution in [3.8, 4) is 0 Å². The molecule has 12 nitrogen and oxygen atoms in total. The number of hydrogen-bond donors (Lipinski definition) is 7. The lowest BCUT2D eigenvalue weighted by atomic mass is 10.0. The molecule has 3 amide bonds. The number of carbonyl (C=O) groups excluding carboxylic acids is 3. The van der Waals surface area contributed by atoms with E-state index in [-0.39, 0.29) is 18.8 Å². The van der Waals surface area contributed by atoms with E-state index in [1.165, 1.54) is 11.8 Å². The van der Waals surface area contributed by atoms with Crippen LogP contribution in [0.1, 0.15) is 32.3 Å². The van der Waals surface area contributed by atoms with Gasteiger partial charge in [-0.1, -0.05) is 32.0 Å². The van der Waals surface area contributed by atoms with Crippen LogP contribution in [0.3, 0.4) is 0 Å². The number of carbonyl (C=O) groups is 5. The summed E-state index contributed by atoms with van der Waals surface area (Å²) in [4.78, 5) is 65.1. The maximum Gasteiger partial charge on any atom is 0.326 e. The van der Waals surface area contributed by atoms with Crippen molar-refractivity contribution in [3.05, 3.63) is 36.0 Å². The highest BCUT2D eigenvalue weighted by atomic mass is 32.2. The van der Waals surface area contributed by atoms with Gasteiger partial charge in [0.15, 0.2) is 0 Å². The van der Waals surface area contributed by atoms with Gasteiger partial charge in [-0.15, -0.1) is 0 Å². The lowest BCUT2D eigenvalue weighted by Crippen LogP contribution is -2.58. The third kappa shape index (κ3) is 8.77. The zero-order valence-electron chi connectivity index (χ0n) is 21.5. The van der Waals surface area contributed by atoms with Gasteiger partial charge >= 0.3 is 11.9 Å². The van der Waals surface area contributed by atoms with Crippen molar-refractivity contribution in [2.45, 2.75) is 57.3 Å². The van der Waals surface area contributed by atoms with Gasteiger partial charge in [-0.2, -0.15) is 11.8 Å². The number of para-hydroxylation sites is 1. The Morgan fingerprint density at radius 3 is 2.16 bits per heavy atom. The first-order chi connectivity index (χ1) is 17.9. The van der Waals surface area contributed by atoms with Gasteiger partial charge in [0.05, 0.1) is 12.5 Å². The van der Waals surface area contributed by atoms with E-state index in [1.54, 1.807) is 26.3 Å². The quantitative estimate of drug-likeness (QED) is 0.165. The van der Waals surface area contributed by atoms with Crippen LogP contribution in [0.15, 0.2) is 30.5 Å². The number of fused-ring (bicyclic) bond motifs is 1. The molecule has 0 aliphatic carbocycles. The Balaban J connectivity index is 2.30. The van der Waals surface area contributed by atoms with E-state index in [0.717, 1.165) is 10.9 Å². The third-order valence-corrected chi connectivity index (χ3v) is 6.63. The number of amides is 3. The van der Waals surface area contributed by atoms with Crippen molar-refractivity contribution in [2.75, 3.05) is 12.0 Å². The highest BCUT2D eigenvalue weighted by Gasteiger charge is 2.32. The minimum absolute atomic E-state index is 0.0271. The summed E-state index contributed by atoms with van der Waals surface area (Å²) in [7, 11) is 0. The van der Waals surface area contributed by atoms with Crippen molar-refractivity contribution in [3.63, 3.8) is 0 Å². The summed E-state index contributed by atoms with van der Waals surface area (Å²) in [5, 5.41) is 26.9. The van der Waals surface area contributed by atoms with Crippen LogP contribution in [-0.2, 0) is 30.4 Å². The summed E-state index contributed by atoms with van der Waals surface area (Å²) in [6, 6.07) is 2.44. The molecule has 38 heavy (non-hydrogen) atoms. The van der Waals surface area contributed by atoms with E-state index >= 15 is 0 Å². The Morgan fingerprint density at radius 2 is 1.55 bits per heavy atom. The molecule has 0 saturated carbocycles. The van der Waals surface area contributed by atoms with Gasteiger partial charge in [0.1, 0.15) is 18.1 Å². The Kier molecular flexibility index (Phi) is 11.6. The molecular formula is C25H35N5O7S. The van der Waals surface area contributed by atoms with Crippen LogP contribution >= 0.6 is 11.8 Å². The van der Waals surface area contributed by atoms with Crippen LogP contribution in [0.5, 0.6) is 0 Å². The van der Waals surface area contributed by atoms with Gasteiger partial charge in [0.25, 0.3) is 0 Å². The summed E-state index contributed by atoms with van der Waals surface area (Å²) in [6.45, 7) is 3.50. The van der Waals surface area contributed by atoms with Gasteiger partial charge in [-0.25, -0.2) is 4.79 Å². The van der Waals surface area contributed by atoms with Crippen LogP contribution in [-0.4, -0.2) is 81.0 Å². The molecule has 1 heterocycles. The minimum Gasteiger partial charge on any atom is -0.481 e. The second-order valence-electron chi connectivity index (χ2n) is 9.23. The van der Waals surface area contributed by atoms with Crippen molar-refractivity contribution in [1.82, 2.24) is 20.9 Å². The number of hydrogen-bond acceptors (Lipinski definition) is 7. The molecule has 8 N–H and O–H groups in total. The molecule has 0 fully saturated rings. The van der Waals surface area contributed by atoms with Gasteiger partial charge in [0, 0.05) is 23.5 Å². The zero-order chi connectivity index (χ0) is 28.4. The molecule has 0 bridgehead atoms. The van der Waals surface area contributed by atoms with Gasteiger partial charge in [0.2, 0.25) is 17.7 Å². The normalized spacial score (nSPS) is 14.3. The predicted octanol–water partition coefficient (Wildman–Crippen LogP) is 0.461. The standard InChI is InChI=1S/C25H35N5O7S/c1-13(2)21(26)24(35)30-18(10-14-12-27-16-7-5-4-6-15(14)16)22(33)29-19(11-20(31)32)23(34)28-17(25(36)37)8-9-38-3/h4-7,12-13,17-19,21,27H,8-11,26H2,1-3H3,(H,28,34)(H,29,33)(H,30,35)(H,31,32)(H,36,37). The molecule has 1 aromatic heterocycles. The number of nitrogens with two attached hydrogens (primary N) is 1. The number of nitrogens with one attached hydrogen (secondary N) is 4. The van der Waals surface area contributed by atoms with Crippen LogP contribution in [0.4, 0.5) is 0 Å². The average molecular weight is 550 g/mol. The molecule has 1 aromatic carbocycles. The summed E-state index contributed by atoms with van der Waals surface area (Å²) in [6.07, 6.45) is 2.83. The molecule has 0 aliphatic heterocycles. The fourth-order valence-electron chi connectivity index (χ4n) is 3.72. The topological polar surface area (TPSA) is 204 Å². The van der Waals surface area contributed by atoms with E-state index in [4.69, 9.17) is 5.73 Å². The fourth-order valence-corrected chi connectivity index (χ4v) is 4.19. The van der Waals surface area contributed by atoms with Crippen molar-refractivity contribution >= 4 is 52.3 Å². The largest absolute Gasteiger partial charge is 0.481 e. The van der Waals surface area contributed by atoms with Crippen LogP contribution < -0.4 is 21.7 Å². The number of carboxylic acids is 2. The zero-order valence-corrected chi connectivity index (χ0v) is 22.3. The maximum absolute atomic E-state index is 13.4. The van der Waals surface area contributed by atoms with E-state index in [2.05, 4.69) is 20.9 Å². The lowest BCUT2D eigenvalue weighted by molar-refractivity contribution is -0.143. The Hall–Kier alpha value is -3.58. The molecule has 0 spiro atoms. The van der Waals surface area contributed by atoms with Crippen molar-refractivity contribution in [2.24, 2.45) is 11.7 Å². The molecule has 2 aromatic rings. The molecular weight excluding hydrogens is 514 g/mol. The number of aromatic nitrogens is 1. The molecule has 208 valence electrons. The van der Waals surface area contributed by atoms with E-state index in [0.29, 0.717) is 11.3 Å². The van der Waals surface area contributed by atoms with Crippen molar-refractivity contribution < 1.29 is 34.2 Å². The monoisotopic (exact) mass is 549 g/mol. The van der Waals surface area contributed by atoms with Crippen LogP contribution in [0, 0.1) is 5.92 Å². The van der Waals surface area contributed by atoms with Gasteiger partial charge < -0.3 is 36.9 Å². The maximum atomic E-state index is 13.4. The minimum atomic E-state index is -1.57. The van der Waals surface area contributed by atoms with E-state index in [9.17, 15) is 34.2 Å². The summed E-state index contributed by atoms with van der Waals surface area (Å²) < 4.78 is 0. The highest BCUT2D eigenvalue weighted by molar-refractivity contribution is 7.98. The lowest BCUT2D eigenvalue weighted by Gasteiger charge is -2.25. The first-order valence-electron chi connectivity index (χ1n) is 12.1. The molecule has 2 rings (SSSR count). The number of H-pyrrole nitrogens is 1. The molecule has 0 aliphatic rings. The Bertz CT molecular complexity index is 1150. The number of thioether (sulfide) groups is 1. The van der Waals surface area contributed by atoms with E-state index < -0.39 is 60.2 Å². The SMILES string of the molecule is CSCCC(NC(=O)C(CC(=O)O)NC(=O)C(Cc1c[nH]c2ccccc12)NC(=O)C(N)C(C)C)C(=O)O. The number of benzene rings is 1. The number of carboxylic acid groups (broad SMARTS) is 2. The van der Waals surface area contributed by atoms with Crippen LogP contribution in [0.2, 0.25) is 0 Å². The average Bonchev–Trinajstić information content (AvgIpc) is 3.27. The smallest absolute Gasteiger partial charge is 0.326 e. The summed E-state index contributed by atoms with van der Waals surface area (Å²) in [5.41, 5.74) is 7.49. The first kappa shape index (κ1) is 30.6. The second kappa shape index (κ2) is 14.4. The fraction of sp³-hybridized carbons (Fsp3) is 0.480. The summed E-state index contributed by atoms with van der Waals surface area (Å²) in [5.74, 6) is -4.77. The molecule has 0 saturated heterocycles. The Morgan fingerprint density at radius 1 is 0.947 bits per heavy atom. The number of aliphatic carboxylic acids is 2. The number of aromatic amines is 1. The predicted molar refractivity (Wildman–Crippen MR) is 143 cm³/mol. The molecule has 4 atom stereocenters. The molecule has 0 radical (unpaired) electrons.